The minimum absolute atomic E-state index is 0.178. The third-order valence-electron chi connectivity index (χ3n) is 4.19. The Morgan fingerprint density at radius 1 is 1.23 bits per heavy atom. The molecule has 0 saturated carbocycles. The van der Waals surface area contributed by atoms with Crippen molar-refractivity contribution in [2.75, 3.05) is 18.2 Å². The molecule has 0 saturated heterocycles. The molecule has 0 aliphatic heterocycles. The topological polar surface area (TPSA) is 94.8 Å². The lowest BCUT2D eigenvalue weighted by Crippen LogP contribution is -2.11. The summed E-state index contributed by atoms with van der Waals surface area (Å²) < 4.78 is 20.6. The maximum Gasteiger partial charge on any atom is 0.343 e. The molecule has 3 heterocycles. The molecule has 4 aromatic rings. The Labute approximate surface area is 175 Å². The van der Waals surface area contributed by atoms with Crippen LogP contribution in [0, 0.1) is 5.82 Å². The van der Waals surface area contributed by atoms with Crippen LogP contribution in [-0.4, -0.2) is 43.6 Å². The summed E-state index contributed by atoms with van der Waals surface area (Å²) in [6.07, 6.45) is 4.87. The highest BCUT2D eigenvalue weighted by molar-refractivity contribution is 7.98. The number of carbonyl (C=O) groups is 1. The molecule has 1 N–H and O–H groups in total. The first-order valence-electron chi connectivity index (χ1n) is 9.05. The number of fused-ring (bicyclic) bond motifs is 1. The standard InChI is InChI=1S/C20H17FN6O2S/c1-3-29-19(28)14-11-23-20(30-2)25-17(14)24-18-13-8-7-12(21)10-15(13)27(26-18)16-6-4-5-9-22-16/h4-11H,3H2,1-2H3,(H,23,24,25,26). The van der Waals surface area contributed by atoms with Gasteiger partial charge in [0.25, 0.3) is 0 Å². The zero-order chi connectivity index (χ0) is 21.1. The first-order chi connectivity index (χ1) is 14.6. The number of pyridine rings is 1. The number of benzene rings is 1. The van der Waals surface area contributed by atoms with Crippen LogP contribution in [-0.2, 0) is 4.74 Å². The Bertz CT molecular complexity index is 1210. The molecule has 0 atom stereocenters. The van der Waals surface area contributed by atoms with Crippen molar-refractivity contribution in [3.63, 3.8) is 0 Å². The van der Waals surface area contributed by atoms with Gasteiger partial charge in [-0.2, -0.15) is 0 Å². The second-order valence-electron chi connectivity index (χ2n) is 6.07. The van der Waals surface area contributed by atoms with E-state index in [4.69, 9.17) is 4.74 Å². The number of halogens is 1. The molecule has 0 amide bonds. The molecular weight excluding hydrogens is 407 g/mol. The zero-order valence-corrected chi connectivity index (χ0v) is 17.0. The van der Waals surface area contributed by atoms with Crippen LogP contribution in [0.3, 0.4) is 0 Å². The van der Waals surface area contributed by atoms with E-state index in [1.165, 1.54) is 34.8 Å². The normalized spacial score (nSPS) is 10.9. The quantitative estimate of drug-likeness (QED) is 0.282. The second kappa shape index (κ2) is 8.46. The van der Waals surface area contributed by atoms with E-state index in [0.717, 1.165) is 0 Å². The van der Waals surface area contributed by atoms with Crippen molar-refractivity contribution in [1.29, 1.82) is 0 Å². The maximum atomic E-state index is 14.0. The number of nitrogens with zero attached hydrogens (tertiary/aromatic N) is 5. The van der Waals surface area contributed by atoms with Crippen LogP contribution in [0.25, 0.3) is 16.7 Å². The molecule has 0 aliphatic carbocycles. The fraction of sp³-hybridized carbons (Fsp3) is 0.150. The highest BCUT2D eigenvalue weighted by Gasteiger charge is 2.20. The first kappa shape index (κ1) is 19.8. The van der Waals surface area contributed by atoms with Crippen molar-refractivity contribution in [3.05, 3.63) is 60.2 Å². The smallest absolute Gasteiger partial charge is 0.343 e. The van der Waals surface area contributed by atoms with E-state index in [-0.39, 0.29) is 18.0 Å². The van der Waals surface area contributed by atoms with E-state index in [9.17, 15) is 9.18 Å². The monoisotopic (exact) mass is 424 g/mol. The summed E-state index contributed by atoms with van der Waals surface area (Å²) in [6, 6.07) is 9.70. The van der Waals surface area contributed by atoms with Crippen LogP contribution in [0.4, 0.5) is 16.0 Å². The van der Waals surface area contributed by atoms with E-state index in [1.54, 1.807) is 31.3 Å². The molecule has 4 rings (SSSR count). The van der Waals surface area contributed by atoms with Crippen LogP contribution in [0.2, 0.25) is 0 Å². The lowest BCUT2D eigenvalue weighted by molar-refractivity contribution is 0.0526. The third kappa shape index (κ3) is 3.81. The van der Waals surface area contributed by atoms with E-state index < -0.39 is 11.8 Å². The van der Waals surface area contributed by atoms with Crippen LogP contribution in [0.1, 0.15) is 17.3 Å². The molecule has 3 aromatic heterocycles. The number of carbonyl (C=O) groups excluding carboxylic acids is 1. The van der Waals surface area contributed by atoms with Gasteiger partial charge in [0.05, 0.1) is 12.1 Å². The molecule has 0 radical (unpaired) electrons. The number of hydrogen-bond acceptors (Lipinski definition) is 8. The van der Waals surface area contributed by atoms with Crippen molar-refractivity contribution in [1.82, 2.24) is 24.7 Å². The Morgan fingerprint density at radius 2 is 2.10 bits per heavy atom. The Balaban J connectivity index is 1.85. The Kier molecular flexibility index (Phi) is 5.57. The van der Waals surface area contributed by atoms with Crippen LogP contribution < -0.4 is 5.32 Å². The number of thioether (sulfide) groups is 1. The lowest BCUT2D eigenvalue weighted by Gasteiger charge is -2.09. The number of hydrogen-bond donors (Lipinski definition) is 1. The number of esters is 1. The summed E-state index contributed by atoms with van der Waals surface area (Å²) >= 11 is 1.34. The average molecular weight is 424 g/mol. The highest BCUT2D eigenvalue weighted by atomic mass is 32.2. The molecule has 0 bridgehead atoms. The van der Waals surface area contributed by atoms with Gasteiger partial charge in [0.2, 0.25) is 0 Å². The van der Waals surface area contributed by atoms with Crippen molar-refractivity contribution in [3.8, 4) is 5.82 Å². The molecule has 152 valence electrons. The van der Waals surface area contributed by atoms with Gasteiger partial charge in [-0.3, -0.25) is 0 Å². The lowest BCUT2D eigenvalue weighted by atomic mass is 10.2. The number of aromatic nitrogens is 5. The number of nitrogens with one attached hydrogen (secondary N) is 1. The molecule has 1 aromatic carbocycles. The molecule has 10 heteroatoms. The van der Waals surface area contributed by atoms with Gasteiger partial charge in [-0.1, -0.05) is 17.8 Å². The fourth-order valence-electron chi connectivity index (χ4n) is 2.86. The number of anilines is 2. The summed E-state index contributed by atoms with van der Waals surface area (Å²) in [4.78, 5) is 25.2. The number of rotatable bonds is 6. The van der Waals surface area contributed by atoms with Gasteiger partial charge < -0.3 is 10.1 Å². The summed E-state index contributed by atoms with van der Waals surface area (Å²) in [5, 5.41) is 8.76. The van der Waals surface area contributed by atoms with E-state index in [0.29, 0.717) is 27.7 Å². The average Bonchev–Trinajstić information content (AvgIpc) is 3.11. The van der Waals surface area contributed by atoms with Crippen molar-refractivity contribution < 1.29 is 13.9 Å². The minimum Gasteiger partial charge on any atom is -0.462 e. The highest BCUT2D eigenvalue weighted by Crippen LogP contribution is 2.29. The number of ether oxygens (including phenoxy) is 1. The molecule has 0 spiro atoms. The van der Waals surface area contributed by atoms with Gasteiger partial charge in [-0.05, 0) is 37.4 Å². The van der Waals surface area contributed by atoms with Gasteiger partial charge in [-0.25, -0.2) is 28.8 Å². The zero-order valence-electron chi connectivity index (χ0n) is 16.2. The van der Waals surface area contributed by atoms with Gasteiger partial charge in [0.15, 0.2) is 22.6 Å². The second-order valence-corrected chi connectivity index (χ2v) is 6.85. The van der Waals surface area contributed by atoms with Gasteiger partial charge in [-0.15, -0.1) is 5.10 Å². The van der Waals surface area contributed by atoms with Crippen molar-refractivity contribution in [2.45, 2.75) is 12.1 Å². The summed E-state index contributed by atoms with van der Waals surface area (Å²) in [5.41, 5.74) is 0.699. The first-order valence-corrected chi connectivity index (χ1v) is 10.3. The fourth-order valence-corrected chi connectivity index (χ4v) is 3.20. The maximum absolute atomic E-state index is 14.0. The van der Waals surface area contributed by atoms with Crippen molar-refractivity contribution >= 4 is 40.3 Å². The molecule has 0 fully saturated rings. The SMILES string of the molecule is CCOC(=O)c1cnc(SC)nc1Nc1nn(-c2ccccn2)c2cc(F)ccc12. The molecule has 0 aliphatic rings. The van der Waals surface area contributed by atoms with Crippen LogP contribution in [0.15, 0.2) is 53.9 Å². The Hall–Kier alpha value is -3.53. The predicted molar refractivity (Wildman–Crippen MR) is 112 cm³/mol. The van der Waals surface area contributed by atoms with Crippen LogP contribution >= 0.6 is 11.8 Å². The van der Waals surface area contributed by atoms with Crippen molar-refractivity contribution in [2.24, 2.45) is 0 Å². The van der Waals surface area contributed by atoms with Gasteiger partial charge >= 0.3 is 5.97 Å². The predicted octanol–water partition coefficient (Wildman–Crippen LogP) is 3.99. The summed E-state index contributed by atoms with van der Waals surface area (Å²) in [6.45, 7) is 1.94. The largest absolute Gasteiger partial charge is 0.462 e. The molecule has 8 nitrogen and oxygen atoms in total. The third-order valence-corrected chi connectivity index (χ3v) is 4.75. The summed E-state index contributed by atoms with van der Waals surface area (Å²) in [5.74, 6) is 0.230. The van der Waals surface area contributed by atoms with E-state index in [2.05, 4.69) is 25.4 Å². The van der Waals surface area contributed by atoms with E-state index in [1.807, 2.05) is 12.3 Å². The molecular formula is C20H17FN6O2S. The van der Waals surface area contributed by atoms with Gasteiger partial charge in [0, 0.05) is 23.8 Å². The van der Waals surface area contributed by atoms with E-state index >= 15 is 0 Å². The van der Waals surface area contributed by atoms with Crippen LogP contribution in [0.5, 0.6) is 0 Å². The molecule has 0 unspecified atom stereocenters. The van der Waals surface area contributed by atoms with Gasteiger partial charge in [0.1, 0.15) is 11.4 Å². The summed E-state index contributed by atoms with van der Waals surface area (Å²) in [7, 11) is 0. The minimum atomic E-state index is -0.549. The molecule has 30 heavy (non-hydrogen) atoms. The Morgan fingerprint density at radius 3 is 2.83 bits per heavy atom.